The lowest BCUT2D eigenvalue weighted by atomic mass is 9.99. The van der Waals surface area contributed by atoms with E-state index in [-0.39, 0.29) is 19.0 Å². The van der Waals surface area contributed by atoms with Crippen LogP contribution in [0.5, 0.6) is 0 Å². The number of aromatic nitrogens is 3. The number of nitrogens with zero attached hydrogens (tertiary/aromatic N) is 4. The van der Waals surface area contributed by atoms with Gasteiger partial charge in [0.15, 0.2) is 0 Å². The van der Waals surface area contributed by atoms with Gasteiger partial charge in [0.1, 0.15) is 0 Å². The van der Waals surface area contributed by atoms with Crippen molar-refractivity contribution in [1.82, 2.24) is 19.7 Å². The van der Waals surface area contributed by atoms with E-state index in [0.29, 0.717) is 40.0 Å². The molecule has 0 spiro atoms. The van der Waals surface area contributed by atoms with Crippen LogP contribution in [-0.2, 0) is 30.5 Å². The highest BCUT2D eigenvalue weighted by Gasteiger charge is 2.32. The highest BCUT2D eigenvalue weighted by atomic mass is 35.5. The maximum Gasteiger partial charge on any atom is 0.416 e. The van der Waals surface area contributed by atoms with Crippen molar-refractivity contribution in [2.45, 2.75) is 32.6 Å². The van der Waals surface area contributed by atoms with Crippen LogP contribution in [0.4, 0.5) is 13.2 Å². The first-order valence-corrected chi connectivity index (χ1v) is 10.2. The maximum absolute atomic E-state index is 13.2. The van der Waals surface area contributed by atoms with Gasteiger partial charge in [-0.3, -0.25) is 14.5 Å². The van der Waals surface area contributed by atoms with E-state index in [1.165, 1.54) is 19.2 Å². The Hall–Kier alpha value is -2.58. The van der Waals surface area contributed by atoms with Gasteiger partial charge in [0, 0.05) is 49.5 Å². The minimum absolute atomic E-state index is 0.0976. The molecule has 1 amide bonds. The number of pyridine rings is 1. The van der Waals surface area contributed by atoms with Crippen LogP contribution in [0.25, 0.3) is 11.3 Å². The molecule has 0 radical (unpaired) electrons. The third kappa shape index (κ3) is 4.41. The van der Waals surface area contributed by atoms with Crippen molar-refractivity contribution >= 4 is 29.1 Å². The van der Waals surface area contributed by atoms with Gasteiger partial charge >= 0.3 is 6.18 Å². The fraction of sp³-hybridized carbons (Fsp3) is 0.286. The van der Waals surface area contributed by atoms with Gasteiger partial charge < -0.3 is 4.90 Å². The number of amides is 1. The molecule has 1 aliphatic rings. The Bertz CT molecular complexity index is 1160. The second-order valence-electron chi connectivity index (χ2n) is 7.29. The number of alkyl halides is 3. The monoisotopic (exact) mass is 468 g/mol. The number of carbonyl (C=O) groups excluding carboxylic acids is 1. The molecule has 1 aromatic carbocycles. The van der Waals surface area contributed by atoms with Crippen LogP contribution in [0.15, 0.2) is 36.5 Å². The van der Waals surface area contributed by atoms with Gasteiger partial charge in [-0.1, -0.05) is 35.3 Å². The van der Waals surface area contributed by atoms with E-state index >= 15 is 0 Å². The molecule has 31 heavy (non-hydrogen) atoms. The van der Waals surface area contributed by atoms with Gasteiger partial charge in [0.25, 0.3) is 0 Å². The Morgan fingerprint density at radius 1 is 1.19 bits per heavy atom. The lowest BCUT2D eigenvalue weighted by Crippen LogP contribution is -2.34. The Morgan fingerprint density at radius 3 is 2.65 bits per heavy atom. The molecule has 0 bridgehead atoms. The predicted molar refractivity (Wildman–Crippen MR) is 111 cm³/mol. The van der Waals surface area contributed by atoms with Crippen LogP contribution in [0.2, 0.25) is 10.0 Å². The molecule has 0 fully saturated rings. The van der Waals surface area contributed by atoms with Crippen LogP contribution in [-0.4, -0.2) is 32.1 Å². The summed E-state index contributed by atoms with van der Waals surface area (Å²) >= 11 is 12.0. The molecule has 0 saturated heterocycles. The quantitative estimate of drug-likeness (QED) is 0.529. The zero-order valence-electron chi connectivity index (χ0n) is 16.4. The summed E-state index contributed by atoms with van der Waals surface area (Å²) in [6.45, 7) is 2.53. The standard InChI is InChI=1S/C21H17Cl2F3N4O/c1-12(31)29-6-5-19-16(11-29)20(13-3-2-4-14(7-13)21(24,25)26)28-30(19)10-15-8-17(22)18(23)9-27-15/h2-4,7-9H,5-6,10-11H2,1H3. The second kappa shape index (κ2) is 8.16. The number of carbonyl (C=O) groups is 1. The van der Waals surface area contributed by atoms with E-state index in [0.717, 1.165) is 23.4 Å². The van der Waals surface area contributed by atoms with E-state index in [4.69, 9.17) is 23.2 Å². The molecule has 0 unspecified atom stereocenters. The smallest absolute Gasteiger partial charge is 0.338 e. The molecule has 2 aromatic heterocycles. The number of benzene rings is 1. The van der Waals surface area contributed by atoms with Crippen molar-refractivity contribution in [1.29, 1.82) is 0 Å². The third-order valence-electron chi connectivity index (χ3n) is 5.22. The van der Waals surface area contributed by atoms with Crippen molar-refractivity contribution in [3.8, 4) is 11.3 Å². The molecule has 162 valence electrons. The second-order valence-corrected chi connectivity index (χ2v) is 8.10. The maximum atomic E-state index is 13.2. The summed E-state index contributed by atoms with van der Waals surface area (Å²) < 4.78 is 41.4. The van der Waals surface area contributed by atoms with E-state index in [1.807, 2.05) is 0 Å². The summed E-state index contributed by atoms with van der Waals surface area (Å²) in [4.78, 5) is 17.8. The molecule has 3 aromatic rings. The Balaban J connectivity index is 1.80. The lowest BCUT2D eigenvalue weighted by Gasteiger charge is -2.27. The minimum atomic E-state index is -4.46. The molecule has 1 aliphatic heterocycles. The summed E-state index contributed by atoms with van der Waals surface area (Å²) in [5.74, 6) is -0.0976. The first-order chi connectivity index (χ1) is 14.6. The zero-order chi connectivity index (χ0) is 22.3. The summed E-state index contributed by atoms with van der Waals surface area (Å²) in [6.07, 6.45) is -2.49. The summed E-state index contributed by atoms with van der Waals surface area (Å²) in [5, 5.41) is 5.31. The lowest BCUT2D eigenvalue weighted by molar-refractivity contribution is -0.137. The van der Waals surface area contributed by atoms with Gasteiger partial charge in [-0.05, 0) is 18.2 Å². The van der Waals surface area contributed by atoms with Crippen molar-refractivity contribution in [2.75, 3.05) is 6.54 Å². The van der Waals surface area contributed by atoms with Crippen molar-refractivity contribution in [3.63, 3.8) is 0 Å². The molecule has 0 N–H and O–H groups in total. The number of hydrogen-bond acceptors (Lipinski definition) is 3. The Kier molecular flexibility index (Phi) is 5.70. The largest absolute Gasteiger partial charge is 0.416 e. The van der Waals surface area contributed by atoms with Gasteiger partial charge in [-0.2, -0.15) is 18.3 Å². The van der Waals surface area contributed by atoms with E-state index in [9.17, 15) is 18.0 Å². The van der Waals surface area contributed by atoms with Crippen molar-refractivity contribution in [3.05, 3.63) is 69.1 Å². The highest BCUT2D eigenvalue weighted by molar-refractivity contribution is 6.41. The predicted octanol–water partition coefficient (Wildman–Crippen LogP) is 5.22. The van der Waals surface area contributed by atoms with Crippen LogP contribution >= 0.6 is 23.2 Å². The number of rotatable bonds is 3. The SMILES string of the molecule is CC(=O)N1CCc2c(c(-c3cccc(C(F)(F)F)c3)nn2Cc2cc(Cl)c(Cl)cn2)C1. The van der Waals surface area contributed by atoms with E-state index in [2.05, 4.69) is 10.1 Å². The summed E-state index contributed by atoms with van der Waals surface area (Å²) in [5.41, 5.74) is 2.23. The van der Waals surface area contributed by atoms with Crippen LogP contribution < -0.4 is 0 Å². The van der Waals surface area contributed by atoms with Crippen LogP contribution in [0.3, 0.4) is 0 Å². The number of hydrogen-bond donors (Lipinski definition) is 0. The number of fused-ring (bicyclic) bond motifs is 1. The van der Waals surface area contributed by atoms with Crippen molar-refractivity contribution < 1.29 is 18.0 Å². The van der Waals surface area contributed by atoms with Crippen molar-refractivity contribution in [2.24, 2.45) is 0 Å². The highest BCUT2D eigenvalue weighted by Crippen LogP contribution is 2.35. The zero-order valence-corrected chi connectivity index (χ0v) is 17.9. The topological polar surface area (TPSA) is 51.0 Å². The first kappa shape index (κ1) is 21.6. The van der Waals surface area contributed by atoms with Crippen LogP contribution in [0.1, 0.15) is 29.4 Å². The fourth-order valence-corrected chi connectivity index (χ4v) is 3.94. The molecular weight excluding hydrogens is 452 g/mol. The van der Waals surface area contributed by atoms with E-state index < -0.39 is 11.7 Å². The first-order valence-electron chi connectivity index (χ1n) is 9.45. The average molecular weight is 469 g/mol. The molecule has 3 heterocycles. The normalized spacial score (nSPS) is 13.9. The van der Waals surface area contributed by atoms with E-state index in [1.54, 1.807) is 21.7 Å². The average Bonchev–Trinajstić information content (AvgIpc) is 3.08. The third-order valence-corrected chi connectivity index (χ3v) is 5.93. The van der Waals surface area contributed by atoms with Gasteiger partial charge in [0.05, 0.1) is 33.5 Å². The number of halogens is 5. The van der Waals surface area contributed by atoms with Gasteiger partial charge in [0.2, 0.25) is 5.91 Å². The summed E-state index contributed by atoms with van der Waals surface area (Å²) in [7, 11) is 0. The van der Waals surface area contributed by atoms with Gasteiger partial charge in [-0.15, -0.1) is 0 Å². The van der Waals surface area contributed by atoms with Gasteiger partial charge in [-0.25, -0.2) is 0 Å². The Morgan fingerprint density at radius 2 is 1.97 bits per heavy atom. The minimum Gasteiger partial charge on any atom is -0.338 e. The molecular formula is C21H17Cl2F3N4O. The molecule has 10 heteroatoms. The molecule has 0 atom stereocenters. The molecule has 4 rings (SSSR count). The van der Waals surface area contributed by atoms with Crippen LogP contribution in [0, 0.1) is 0 Å². The summed E-state index contributed by atoms with van der Waals surface area (Å²) in [6, 6.07) is 6.68. The molecule has 0 aliphatic carbocycles. The molecule has 0 saturated carbocycles. The fourth-order valence-electron chi connectivity index (χ4n) is 3.66. The molecule has 5 nitrogen and oxygen atoms in total. The Labute approximate surface area is 186 Å².